The molecule has 3 rings (SSSR count). The lowest BCUT2D eigenvalue weighted by molar-refractivity contribution is -0.274. The fraction of sp³-hybridized carbons (Fsp3) is 0.118. The van der Waals surface area contributed by atoms with Crippen LogP contribution < -0.4 is 10.1 Å². The summed E-state index contributed by atoms with van der Waals surface area (Å²) in [6.45, 7) is 1.58. The topological polar surface area (TPSA) is 69.0 Å². The zero-order chi connectivity index (χ0) is 18.7. The van der Waals surface area contributed by atoms with E-state index in [0.717, 1.165) is 6.07 Å². The lowest BCUT2D eigenvalue weighted by Crippen LogP contribution is -2.20. The van der Waals surface area contributed by atoms with Crippen molar-refractivity contribution in [2.75, 3.05) is 5.32 Å². The normalized spacial score (nSPS) is 11.2. The van der Waals surface area contributed by atoms with Crippen LogP contribution in [0.25, 0.3) is 5.69 Å². The number of benzene rings is 2. The van der Waals surface area contributed by atoms with E-state index in [1.165, 1.54) is 23.0 Å². The van der Waals surface area contributed by atoms with E-state index >= 15 is 0 Å². The van der Waals surface area contributed by atoms with Crippen LogP contribution in [0.4, 0.5) is 18.9 Å². The fourth-order valence-corrected chi connectivity index (χ4v) is 2.23. The first-order valence-corrected chi connectivity index (χ1v) is 7.49. The summed E-state index contributed by atoms with van der Waals surface area (Å²) in [6.07, 6.45) is -4.87. The molecule has 0 aliphatic heterocycles. The minimum Gasteiger partial charge on any atom is -0.404 e. The molecule has 134 valence electrons. The van der Waals surface area contributed by atoms with Gasteiger partial charge in [-0.2, -0.15) is 9.90 Å². The number of nitrogens with one attached hydrogen (secondary N) is 1. The Bertz CT molecular complexity index is 923. The molecule has 1 aromatic heterocycles. The molecule has 0 bridgehead atoms. The average molecular weight is 362 g/mol. The predicted molar refractivity (Wildman–Crippen MR) is 87.2 cm³/mol. The number of aromatic nitrogens is 3. The Labute approximate surface area is 146 Å². The number of hydrogen-bond donors (Lipinski definition) is 1. The summed E-state index contributed by atoms with van der Waals surface area (Å²) < 4.78 is 41.3. The first-order chi connectivity index (χ1) is 12.3. The molecule has 0 atom stereocenters. The monoisotopic (exact) mass is 362 g/mol. The second-order valence-electron chi connectivity index (χ2n) is 5.26. The average Bonchev–Trinajstić information content (AvgIpc) is 2.98. The minimum absolute atomic E-state index is 0.00401. The third-order valence-corrected chi connectivity index (χ3v) is 3.35. The number of rotatable bonds is 4. The molecule has 6 nitrogen and oxygen atoms in total. The second kappa shape index (κ2) is 6.87. The smallest absolute Gasteiger partial charge is 0.404 e. The van der Waals surface area contributed by atoms with E-state index in [0.29, 0.717) is 11.4 Å². The van der Waals surface area contributed by atoms with Gasteiger partial charge in [-0.1, -0.05) is 30.3 Å². The van der Waals surface area contributed by atoms with Gasteiger partial charge in [-0.3, -0.25) is 4.79 Å². The van der Waals surface area contributed by atoms with Crippen molar-refractivity contribution in [1.82, 2.24) is 15.0 Å². The van der Waals surface area contributed by atoms with E-state index in [1.807, 2.05) is 6.07 Å². The van der Waals surface area contributed by atoms with Crippen molar-refractivity contribution in [3.63, 3.8) is 0 Å². The molecule has 0 spiro atoms. The maximum atomic E-state index is 12.5. The molecule has 3 aromatic rings. The Morgan fingerprint density at radius 2 is 1.69 bits per heavy atom. The van der Waals surface area contributed by atoms with E-state index in [2.05, 4.69) is 20.3 Å². The first-order valence-electron chi connectivity index (χ1n) is 7.49. The maximum Gasteiger partial charge on any atom is 0.573 e. The van der Waals surface area contributed by atoms with Crippen LogP contribution in [-0.4, -0.2) is 27.3 Å². The van der Waals surface area contributed by atoms with Crippen LogP contribution >= 0.6 is 0 Å². The molecule has 0 saturated heterocycles. The van der Waals surface area contributed by atoms with E-state index in [-0.39, 0.29) is 11.4 Å². The number of carbonyl (C=O) groups is 1. The molecular formula is C17H13F3N4O2. The van der Waals surface area contributed by atoms with Crippen molar-refractivity contribution in [3.8, 4) is 11.4 Å². The number of ether oxygens (including phenoxy) is 1. The Morgan fingerprint density at radius 1 is 1.04 bits per heavy atom. The van der Waals surface area contributed by atoms with Crippen LogP contribution in [0, 0.1) is 6.92 Å². The van der Waals surface area contributed by atoms with E-state index in [1.54, 1.807) is 31.2 Å². The Hall–Kier alpha value is -3.36. The zero-order valence-electron chi connectivity index (χ0n) is 13.5. The van der Waals surface area contributed by atoms with Gasteiger partial charge in [0.1, 0.15) is 0 Å². The summed E-state index contributed by atoms with van der Waals surface area (Å²) in [7, 11) is 0. The number of halogens is 3. The van der Waals surface area contributed by atoms with Crippen molar-refractivity contribution in [1.29, 1.82) is 0 Å². The summed E-state index contributed by atoms with van der Waals surface area (Å²) in [5, 5.41) is 10.6. The molecule has 0 aliphatic carbocycles. The molecule has 1 amide bonds. The lowest BCUT2D eigenvalue weighted by Gasteiger charge is -2.13. The van der Waals surface area contributed by atoms with Crippen LogP contribution in [0.3, 0.4) is 0 Å². The standard InChI is InChI=1S/C17H13F3N4O2/c1-11-15(23-24(22-11)12-7-3-2-4-8-12)16(25)21-13-9-5-6-10-14(13)26-17(18,19)20/h2-10H,1H3,(H,21,25). The number of amides is 1. The molecule has 0 saturated carbocycles. The van der Waals surface area contributed by atoms with Crippen LogP contribution in [0.1, 0.15) is 16.2 Å². The number of nitrogens with zero attached hydrogens (tertiary/aromatic N) is 3. The van der Waals surface area contributed by atoms with Crippen molar-refractivity contribution >= 4 is 11.6 Å². The molecule has 26 heavy (non-hydrogen) atoms. The third-order valence-electron chi connectivity index (χ3n) is 3.35. The highest BCUT2D eigenvalue weighted by Crippen LogP contribution is 2.30. The predicted octanol–water partition coefficient (Wildman–Crippen LogP) is 3.73. The van der Waals surface area contributed by atoms with Gasteiger partial charge in [0.25, 0.3) is 5.91 Å². The molecule has 0 aliphatic rings. The van der Waals surface area contributed by atoms with E-state index in [4.69, 9.17) is 0 Å². The quantitative estimate of drug-likeness (QED) is 0.768. The molecule has 9 heteroatoms. The third kappa shape index (κ3) is 4.00. The van der Waals surface area contributed by atoms with Gasteiger partial charge < -0.3 is 10.1 Å². The summed E-state index contributed by atoms with van der Waals surface area (Å²) >= 11 is 0. The molecule has 1 heterocycles. The molecule has 0 unspecified atom stereocenters. The number of para-hydroxylation sites is 3. The van der Waals surface area contributed by atoms with Crippen LogP contribution in [-0.2, 0) is 0 Å². The van der Waals surface area contributed by atoms with Gasteiger partial charge in [-0.05, 0) is 31.2 Å². The summed E-state index contributed by atoms with van der Waals surface area (Å²) in [5.41, 5.74) is 0.857. The van der Waals surface area contributed by atoms with Gasteiger partial charge in [0.05, 0.1) is 17.1 Å². The highest BCUT2D eigenvalue weighted by molar-refractivity contribution is 6.04. The van der Waals surface area contributed by atoms with Crippen molar-refractivity contribution < 1.29 is 22.7 Å². The van der Waals surface area contributed by atoms with E-state index < -0.39 is 18.0 Å². The Balaban J connectivity index is 1.85. The van der Waals surface area contributed by atoms with Crippen LogP contribution in [0.5, 0.6) is 5.75 Å². The largest absolute Gasteiger partial charge is 0.573 e. The molecule has 0 fully saturated rings. The molecule has 2 aromatic carbocycles. The van der Waals surface area contributed by atoms with Gasteiger partial charge in [-0.15, -0.1) is 18.3 Å². The van der Waals surface area contributed by atoms with Crippen molar-refractivity contribution in [2.45, 2.75) is 13.3 Å². The molecular weight excluding hydrogens is 349 g/mol. The minimum atomic E-state index is -4.87. The number of carbonyl (C=O) groups excluding carboxylic acids is 1. The lowest BCUT2D eigenvalue weighted by atomic mass is 10.2. The van der Waals surface area contributed by atoms with Crippen molar-refractivity contribution in [2.24, 2.45) is 0 Å². The van der Waals surface area contributed by atoms with Crippen LogP contribution in [0.15, 0.2) is 54.6 Å². The van der Waals surface area contributed by atoms with Gasteiger partial charge >= 0.3 is 6.36 Å². The van der Waals surface area contributed by atoms with Gasteiger partial charge in [0.15, 0.2) is 11.4 Å². The molecule has 0 radical (unpaired) electrons. The summed E-state index contributed by atoms with van der Waals surface area (Å²) in [4.78, 5) is 13.7. The number of anilines is 1. The number of hydrogen-bond acceptors (Lipinski definition) is 4. The Morgan fingerprint density at radius 3 is 2.38 bits per heavy atom. The SMILES string of the molecule is Cc1nn(-c2ccccc2)nc1C(=O)Nc1ccccc1OC(F)(F)F. The van der Waals surface area contributed by atoms with Crippen molar-refractivity contribution in [3.05, 3.63) is 66.0 Å². The van der Waals surface area contributed by atoms with Gasteiger partial charge in [0, 0.05) is 0 Å². The summed E-state index contributed by atoms with van der Waals surface area (Å²) in [5.74, 6) is -1.20. The Kier molecular flexibility index (Phi) is 4.61. The number of aryl methyl sites for hydroxylation is 1. The van der Waals surface area contributed by atoms with Gasteiger partial charge in [0.2, 0.25) is 0 Å². The van der Waals surface area contributed by atoms with E-state index in [9.17, 15) is 18.0 Å². The van der Waals surface area contributed by atoms with Crippen LogP contribution in [0.2, 0.25) is 0 Å². The van der Waals surface area contributed by atoms with Gasteiger partial charge in [-0.25, -0.2) is 0 Å². The highest BCUT2D eigenvalue weighted by Gasteiger charge is 2.32. The zero-order valence-corrected chi connectivity index (χ0v) is 13.5. The summed E-state index contributed by atoms with van der Waals surface area (Å²) in [6, 6.07) is 14.2. The second-order valence-corrected chi connectivity index (χ2v) is 5.26. The maximum absolute atomic E-state index is 12.5. The fourth-order valence-electron chi connectivity index (χ4n) is 2.23. The highest BCUT2D eigenvalue weighted by atomic mass is 19.4. The molecule has 1 N–H and O–H groups in total. The number of alkyl halides is 3. The first kappa shape index (κ1) is 17.5.